The molecule has 0 radical (unpaired) electrons. The molecule has 10 aromatic rings. The number of hydrogen-bond acceptors (Lipinski definition) is 1. The van der Waals surface area contributed by atoms with Gasteiger partial charge in [-0.15, -0.1) is 0 Å². The lowest BCUT2D eigenvalue weighted by molar-refractivity contribution is 1.18. The normalized spacial score (nSPS) is 11.3. The molecule has 0 N–H and O–H groups in total. The average molecular weight is 689 g/mol. The quantitative estimate of drug-likeness (QED) is 0.162. The fraction of sp³-hybridized carbons (Fsp3) is 0. The summed E-state index contributed by atoms with van der Waals surface area (Å²) in [5.74, 6) is 0. The third-order valence-corrected chi connectivity index (χ3v) is 10.6. The maximum Gasteiger partial charge on any atom is 0.0541 e. The number of fused-ring (bicyclic) bond motifs is 4. The summed E-state index contributed by atoms with van der Waals surface area (Å²) in [5, 5.41) is 5.04. The van der Waals surface area contributed by atoms with Crippen LogP contribution in [0.4, 0.5) is 17.1 Å². The Morgan fingerprint density at radius 3 is 1.54 bits per heavy atom. The maximum absolute atomic E-state index is 2.41. The molecule has 0 spiro atoms. The Balaban J connectivity index is 0.992. The highest BCUT2D eigenvalue weighted by molar-refractivity contribution is 6.09. The zero-order chi connectivity index (χ0) is 35.8. The van der Waals surface area contributed by atoms with E-state index in [0.717, 1.165) is 17.1 Å². The third kappa shape index (κ3) is 5.53. The Morgan fingerprint density at radius 1 is 0.296 bits per heavy atom. The SMILES string of the molecule is c1ccc(N(c2ccc(-c3ccc(-c4ccccc4-n4c5ccccc5c5ccccc54)cc3)cc2)c2cccc(-c3cccc4ccccc34)c2)cc1. The van der Waals surface area contributed by atoms with Crippen molar-refractivity contribution >= 4 is 49.6 Å². The van der Waals surface area contributed by atoms with Crippen LogP contribution in [0, 0.1) is 0 Å². The van der Waals surface area contributed by atoms with E-state index in [0.29, 0.717) is 0 Å². The molecule has 254 valence electrons. The maximum atomic E-state index is 2.41. The highest BCUT2D eigenvalue weighted by Gasteiger charge is 2.17. The van der Waals surface area contributed by atoms with Crippen LogP contribution in [0.25, 0.3) is 71.6 Å². The second-order valence-electron chi connectivity index (χ2n) is 13.8. The van der Waals surface area contributed by atoms with Crippen LogP contribution in [-0.2, 0) is 0 Å². The molecule has 0 aliphatic heterocycles. The fourth-order valence-corrected chi connectivity index (χ4v) is 8.05. The van der Waals surface area contributed by atoms with Crippen LogP contribution >= 0.6 is 0 Å². The van der Waals surface area contributed by atoms with Gasteiger partial charge in [0, 0.05) is 33.4 Å². The second-order valence-corrected chi connectivity index (χ2v) is 13.8. The zero-order valence-electron chi connectivity index (χ0n) is 29.7. The molecule has 0 aliphatic carbocycles. The van der Waals surface area contributed by atoms with Crippen LogP contribution in [0.2, 0.25) is 0 Å². The van der Waals surface area contributed by atoms with Crippen molar-refractivity contribution in [3.8, 4) is 39.1 Å². The lowest BCUT2D eigenvalue weighted by Gasteiger charge is -2.26. The molecule has 0 saturated carbocycles. The van der Waals surface area contributed by atoms with E-state index in [1.807, 2.05) is 0 Å². The van der Waals surface area contributed by atoms with Gasteiger partial charge >= 0.3 is 0 Å². The van der Waals surface area contributed by atoms with Crippen molar-refractivity contribution in [2.24, 2.45) is 0 Å². The Bertz CT molecular complexity index is 2860. The molecule has 0 unspecified atom stereocenters. The number of rotatable bonds is 7. The lowest BCUT2D eigenvalue weighted by Crippen LogP contribution is -2.09. The predicted molar refractivity (Wildman–Crippen MR) is 229 cm³/mol. The van der Waals surface area contributed by atoms with Crippen molar-refractivity contribution in [3.05, 3.63) is 218 Å². The first-order valence-corrected chi connectivity index (χ1v) is 18.5. The van der Waals surface area contributed by atoms with E-state index in [1.165, 1.54) is 71.6 Å². The van der Waals surface area contributed by atoms with Gasteiger partial charge in [0.25, 0.3) is 0 Å². The Labute approximate surface area is 315 Å². The van der Waals surface area contributed by atoms with Gasteiger partial charge in [-0.1, -0.05) is 164 Å². The molecule has 0 aliphatic rings. The number of aromatic nitrogens is 1. The van der Waals surface area contributed by atoms with E-state index in [2.05, 4.69) is 228 Å². The van der Waals surface area contributed by atoms with Crippen molar-refractivity contribution < 1.29 is 0 Å². The van der Waals surface area contributed by atoms with Gasteiger partial charge in [-0.3, -0.25) is 0 Å². The van der Waals surface area contributed by atoms with Gasteiger partial charge in [0.2, 0.25) is 0 Å². The zero-order valence-corrected chi connectivity index (χ0v) is 29.7. The molecule has 0 atom stereocenters. The summed E-state index contributed by atoms with van der Waals surface area (Å²) in [6.45, 7) is 0. The van der Waals surface area contributed by atoms with Gasteiger partial charge in [0.15, 0.2) is 0 Å². The van der Waals surface area contributed by atoms with Crippen molar-refractivity contribution in [2.45, 2.75) is 0 Å². The smallest absolute Gasteiger partial charge is 0.0541 e. The molecule has 9 aromatic carbocycles. The molecule has 0 fully saturated rings. The molecular weight excluding hydrogens is 653 g/mol. The summed E-state index contributed by atoms with van der Waals surface area (Å²) in [5.41, 5.74) is 14.1. The molecule has 1 heterocycles. The minimum atomic E-state index is 1.11. The largest absolute Gasteiger partial charge is 0.310 e. The van der Waals surface area contributed by atoms with Gasteiger partial charge in [0.1, 0.15) is 0 Å². The van der Waals surface area contributed by atoms with Gasteiger partial charge in [-0.2, -0.15) is 0 Å². The summed E-state index contributed by atoms with van der Waals surface area (Å²) in [7, 11) is 0. The van der Waals surface area contributed by atoms with Crippen molar-refractivity contribution in [1.29, 1.82) is 0 Å². The van der Waals surface area contributed by atoms with Crippen LogP contribution in [0.1, 0.15) is 0 Å². The first-order chi connectivity index (χ1) is 26.8. The minimum absolute atomic E-state index is 1.11. The first kappa shape index (κ1) is 31.6. The number of hydrogen-bond donors (Lipinski definition) is 0. The molecule has 10 rings (SSSR count). The molecule has 0 saturated heterocycles. The highest BCUT2D eigenvalue weighted by atomic mass is 15.1. The first-order valence-electron chi connectivity index (χ1n) is 18.5. The third-order valence-electron chi connectivity index (χ3n) is 10.6. The lowest BCUT2D eigenvalue weighted by atomic mass is 9.97. The highest BCUT2D eigenvalue weighted by Crippen LogP contribution is 2.40. The molecule has 54 heavy (non-hydrogen) atoms. The Kier molecular flexibility index (Phi) is 7.85. The number of nitrogens with zero attached hydrogens (tertiary/aromatic N) is 2. The fourth-order valence-electron chi connectivity index (χ4n) is 8.05. The standard InChI is InChI=1S/C52H36N2/c1-2-17-42(18-3-1)53(44-19-12-16-41(36-44)46-24-13-15-39-14-4-5-20-45(39)46)43-34-32-38(33-35-43)37-28-30-40(31-29-37)47-21-6-9-25-50(47)54-51-26-10-7-22-48(51)49-23-8-11-27-52(49)54/h1-36H. The van der Waals surface area contributed by atoms with Gasteiger partial charge in [-0.05, 0) is 93.2 Å². The van der Waals surface area contributed by atoms with Crippen molar-refractivity contribution in [3.63, 3.8) is 0 Å². The predicted octanol–water partition coefficient (Wildman–Crippen LogP) is 14.4. The number of benzene rings is 9. The molecular formula is C52H36N2. The molecule has 2 nitrogen and oxygen atoms in total. The van der Waals surface area contributed by atoms with E-state index in [1.54, 1.807) is 0 Å². The molecule has 1 aromatic heterocycles. The van der Waals surface area contributed by atoms with Crippen molar-refractivity contribution in [2.75, 3.05) is 4.90 Å². The van der Waals surface area contributed by atoms with Gasteiger partial charge < -0.3 is 9.47 Å². The monoisotopic (exact) mass is 688 g/mol. The summed E-state index contributed by atoms with van der Waals surface area (Å²) in [6, 6.07) is 78.7. The Hall–Kier alpha value is -7.16. The topological polar surface area (TPSA) is 8.17 Å². The summed E-state index contributed by atoms with van der Waals surface area (Å²) in [4.78, 5) is 2.34. The summed E-state index contributed by atoms with van der Waals surface area (Å²) in [6.07, 6.45) is 0. The summed E-state index contributed by atoms with van der Waals surface area (Å²) >= 11 is 0. The van der Waals surface area contributed by atoms with Gasteiger partial charge in [-0.25, -0.2) is 0 Å². The molecule has 2 heteroatoms. The number of anilines is 3. The van der Waals surface area contributed by atoms with Crippen LogP contribution < -0.4 is 4.90 Å². The average Bonchev–Trinajstić information content (AvgIpc) is 3.59. The molecule has 0 bridgehead atoms. The minimum Gasteiger partial charge on any atom is -0.310 e. The van der Waals surface area contributed by atoms with E-state index in [9.17, 15) is 0 Å². The second kappa shape index (κ2) is 13.4. The van der Waals surface area contributed by atoms with E-state index < -0.39 is 0 Å². The van der Waals surface area contributed by atoms with E-state index >= 15 is 0 Å². The van der Waals surface area contributed by atoms with E-state index in [4.69, 9.17) is 0 Å². The summed E-state index contributed by atoms with van der Waals surface area (Å²) < 4.78 is 2.41. The molecule has 0 amide bonds. The van der Waals surface area contributed by atoms with Crippen LogP contribution in [0.15, 0.2) is 218 Å². The van der Waals surface area contributed by atoms with Crippen molar-refractivity contribution in [1.82, 2.24) is 4.57 Å². The van der Waals surface area contributed by atoms with Crippen LogP contribution in [-0.4, -0.2) is 4.57 Å². The van der Waals surface area contributed by atoms with Gasteiger partial charge in [0.05, 0.1) is 16.7 Å². The number of para-hydroxylation sites is 4. The van der Waals surface area contributed by atoms with Crippen LogP contribution in [0.5, 0.6) is 0 Å². The van der Waals surface area contributed by atoms with E-state index in [-0.39, 0.29) is 0 Å². The van der Waals surface area contributed by atoms with Crippen LogP contribution in [0.3, 0.4) is 0 Å². The Morgan fingerprint density at radius 2 is 0.796 bits per heavy atom.